The predicted molar refractivity (Wildman–Crippen MR) is 59.3 cm³/mol. The fourth-order valence-electron chi connectivity index (χ4n) is 0.849. The van der Waals surface area contributed by atoms with Gasteiger partial charge in [-0.05, 0) is 23.9 Å². The summed E-state index contributed by atoms with van der Waals surface area (Å²) in [4.78, 5) is 9.76. The average molecular weight is 237 g/mol. The third kappa shape index (κ3) is 3.37. The Hall–Kier alpha value is 0.0800. The van der Waals surface area contributed by atoms with Crippen molar-refractivity contribution in [3.63, 3.8) is 0 Å². The molecule has 0 spiro atoms. The van der Waals surface area contributed by atoms with E-state index in [2.05, 4.69) is 0 Å². The molecule has 5 heteroatoms. The van der Waals surface area contributed by atoms with Crippen LogP contribution in [0.25, 0.3) is 0 Å². The van der Waals surface area contributed by atoms with E-state index in [4.69, 9.17) is 27.9 Å². The first kappa shape index (κ1) is 11.2. The Morgan fingerprint density at radius 1 is 1.38 bits per heavy atom. The minimum absolute atomic E-state index is 0.282. The zero-order chi connectivity index (χ0) is 9.73. The summed E-state index contributed by atoms with van der Waals surface area (Å²) in [5.41, 5.74) is 0. The second-order valence-electron chi connectivity index (χ2n) is 2.38. The summed E-state index contributed by atoms with van der Waals surface area (Å²) in [6.07, 6.45) is 0. The zero-order valence-electron chi connectivity index (χ0n) is 6.89. The van der Waals surface area contributed by atoms with Gasteiger partial charge in [0.1, 0.15) is 0 Å². The Bertz CT molecular complexity index is 304. The molecule has 1 aromatic carbocycles. The monoisotopic (exact) mass is 236 g/mol. The van der Waals surface area contributed by atoms with Crippen LogP contribution < -0.4 is 5.30 Å². The van der Waals surface area contributed by atoms with E-state index < -0.39 is 6.49 Å². The summed E-state index contributed by atoms with van der Waals surface area (Å²) in [6, 6.07) is 9.01. The molecule has 0 aliphatic heterocycles. The molecule has 0 aliphatic rings. The van der Waals surface area contributed by atoms with Gasteiger partial charge in [0.15, 0.2) is 0 Å². The van der Waals surface area contributed by atoms with E-state index in [9.17, 15) is 4.89 Å². The van der Waals surface area contributed by atoms with E-state index in [1.54, 1.807) is 12.1 Å². The molecule has 0 amide bonds. The first-order valence-electron chi connectivity index (χ1n) is 3.76. The Labute approximate surface area is 87.7 Å². The van der Waals surface area contributed by atoms with Crippen LogP contribution >= 0.6 is 18.1 Å². The standard InChI is InChI=1S/C8H10ClO2PS/c9-6-7-11-12(10,13)8-4-2-1-3-5-8/h1-5H,6-7H2,(H,10,13). The van der Waals surface area contributed by atoms with Crippen LogP contribution in [-0.4, -0.2) is 17.4 Å². The molecule has 0 heterocycles. The van der Waals surface area contributed by atoms with Crippen molar-refractivity contribution in [2.45, 2.75) is 0 Å². The lowest BCUT2D eigenvalue weighted by molar-refractivity contribution is 0.337. The van der Waals surface area contributed by atoms with Gasteiger partial charge >= 0.3 is 0 Å². The SMILES string of the molecule is OP(=S)(OCCCl)c1ccccc1. The first-order chi connectivity index (χ1) is 6.17. The summed E-state index contributed by atoms with van der Waals surface area (Å²) in [7, 11) is 0. The minimum atomic E-state index is -2.81. The number of rotatable bonds is 4. The van der Waals surface area contributed by atoms with Gasteiger partial charge < -0.3 is 9.42 Å². The molecule has 1 aromatic rings. The number of hydrogen-bond donors (Lipinski definition) is 1. The summed E-state index contributed by atoms with van der Waals surface area (Å²) in [6.45, 7) is -2.53. The van der Waals surface area contributed by atoms with Crippen LogP contribution in [-0.2, 0) is 16.3 Å². The lowest BCUT2D eigenvalue weighted by atomic mass is 10.4. The lowest BCUT2D eigenvalue weighted by Crippen LogP contribution is -2.07. The van der Waals surface area contributed by atoms with Crippen molar-refractivity contribution in [1.29, 1.82) is 0 Å². The maximum Gasteiger partial charge on any atom is 0.216 e. The largest absolute Gasteiger partial charge is 0.342 e. The van der Waals surface area contributed by atoms with E-state index in [0.29, 0.717) is 11.2 Å². The molecule has 0 aliphatic carbocycles. The highest BCUT2D eigenvalue weighted by Crippen LogP contribution is 2.40. The summed E-state index contributed by atoms with van der Waals surface area (Å²) < 4.78 is 5.11. The molecule has 2 nitrogen and oxygen atoms in total. The van der Waals surface area contributed by atoms with Gasteiger partial charge in [0.05, 0.1) is 6.61 Å². The highest BCUT2D eigenvalue weighted by atomic mass is 35.5. The van der Waals surface area contributed by atoms with E-state index in [-0.39, 0.29) is 6.61 Å². The maximum absolute atomic E-state index is 9.76. The van der Waals surface area contributed by atoms with E-state index in [0.717, 1.165) is 0 Å². The molecule has 1 N–H and O–H groups in total. The van der Waals surface area contributed by atoms with Crippen LogP contribution in [0.1, 0.15) is 0 Å². The average Bonchev–Trinajstić information content (AvgIpc) is 2.16. The topological polar surface area (TPSA) is 29.5 Å². The summed E-state index contributed by atoms with van der Waals surface area (Å²) in [5, 5.41) is 0.662. The van der Waals surface area contributed by atoms with Gasteiger partial charge in [0.25, 0.3) is 0 Å². The van der Waals surface area contributed by atoms with Crippen LogP contribution in [0.2, 0.25) is 0 Å². The number of benzene rings is 1. The third-order valence-electron chi connectivity index (χ3n) is 1.43. The molecule has 1 rings (SSSR count). The van der Waals surface area contributed by atoms with Crippen molar-refractivity contribution in [2.24, 2.45) is 0 Å². The molecule has 1 unspecified atom stereocenters. The number of hydrogen-bond acceptors (Lipinski definition) is 2. The quantitative estimate of drug-likeness (QED) is 0.639. The first-order valence-corrected chi connectivity index (χ1v) is 6.96. The van der Waals surface area contributed by atoms with E-state index >= 15 is 0 Å². The van der Waals surface area contributed by atoms with Crippen molar-refractivity contribution in [2.75, 3.05) is 12.5 Å². The molecule has 0 bridgehead atoms. The Balaban J connectivity index is 2.76. The third-order valence-corrected chi connectivity index (χ3v) is 4.01. The molecular weight excluding hydrogens is 227 g/mol. The van der Waals surface area contributed by atoms with E-state index in [1.807, 2.05) is 18.2 Å². The van der Waals surface area contributed by atoms with Gasteiger partial charge in [-0.3, -0.25) is 0 Å². The molecule has 72 valence electrons. The van der Waals surface area contributed by atoms with Gasteiger partial charge in [-0.15, -0.1) is 11.6 Å². The van der Waals surface area contributed by atoms with Gasteiger partial charge in [-0.2, -0.15) is 0 Å². The van der Waals surface area contributed by atoms with Crippen LogP contribution in [0.15, 0.2) is 30.3 Å². The Morgan fingerprint density at radius 2 is 2.00 bits per heavy atom. The van der Waals surface area contributed by atoms with Crippen LogP contribution in [0.3, 0.4) is 0 Å². The van der Waals surface area contributed by atoms with Gasteiger partial charge in [-0.25, -0.2) is 0 Å². The van der Waals surface area contributed by atoms with Gasteiger partial charge in [0, 0.05) is 11.2 Å². The van der Waals surface area contributed by atoms with Crippen LogP contribution in [0, 0.1) is 0 Å². The number of alkyl halides is 1. The molecule has 0 saturated heterocycles. The fraction of sp³-hybridized carbons (Fsp3) is 0.250. The fourth-order valence-corrected chi connectivity index (χ4v) is 2.66. The van der Waals surface area contributed by atoms with Crippen molar-refractivity contribution in [3.05, 3.63) is 30.3 Å². The number of halogens is 1. The normalized spacial score (nSPS) is 15.2. The smallest absolute Gasteiger partial charge is 0.216 e. The van der Waals surface area contributed by atoms with E-state index in [1.165, 1.54) is 0 Å². The van der Waals surface area contributed by atoms with Gasteiger partial charge in [-0.1, -0.05) is 18.2 Å². The molecule has 1 atom stereocenters. The molecule has 13 heavy (non-hydrogen) atoms. The lowest BCUT2D eigenvalue weighted by Gasteiger charge is -2.14. The zero-order valence-corrected chi connectivity index (χ0v) is 9.36. The van der Waals surface area contributed by atoms with Crippen LogP contribution in [0.4, 0.5) is 0 Å². The summed E-state index contributed by atoms with van der Waals surface area (Å²) >= 11 is 10.4. The Morgan fingerprint density at radius 3 is 2.54 bits per heavy atom. The van der Waals surface area contributed by atoms with Gasteiger partial charge in [0.2, 0.25) is 6.49 Å². The van der Waals surface area contributed by atoms with Crippen LogP contribution in [0.5, 0.6) is 0 Å². The highest BCUT2D eigenvalue weighted by Gasteiger charge is 2.15. The predicted octanol–water partition coefficient (Wildman–Crippen LogP) is 1.87. The summed E-state index contributed by atoms with van der Waals surface area (Å²) in [5.74, 6) is 0.339. The van der Waals surface area contributed by atoms with Crippen molar-refractivity contribution in [3.8, 4) is 0 Å². The maximum atomic E-state index is 9.76. The van der Waals surface area contributed by atoms with Crippen molar-refractivity contribution < 1.29 is 9.42 Å². The minimum Gasteiger partial charge on any atom is -0.342 e. The molecule has 0 radical (unpaired) electrons. The second-order valence-corrected chi connectivity index (χ2v) is 6.06. The molecule has 0 saturated carbocycles. The Kier molecular flexibility index (Phi) is 4.36. The molecule has 0 aromatic heterocycles. The van der Waals surface area contributed by atoms with Crippen molar-refractivity contribution >= 4 is 35.2 Å². The second kappa shape index (κ2) is 5.08. The van der Waals surface area contributed by atoms with Crippen molar-refractivity contribution in [1.82, 2.24) is 0 Å². The molecular formula is C8H10ClO2PS. The molecule has 0 fully saturated rings. The highest BCUT2D eigenvalue weighted by molar-refractivity contribution is 8.13.